The Labute approximate surface area is 156 Å². The van der Waals surface area contributed by atoms with Gasteiger partial charge in [-0.15, -0.1) is 0 Å². The first kappa shape index (κ1) is 19.0. The first-order chi connectivity index (χ1) is 11.8. The topological polar surface area (TPSA) is 58.2 Å². The third kappa shape index (κ3) is 5.93. The van der Waals surface area contributed by atoms with Crippen LogP contribution in [0.2, 0.25) is 10.0 Å². The van der Waals surface area contributed by atoms with Gasteiger partial charge in [0.05, 0.1) is 16.1 Å². The van der Waals surface area contributed by atoms with Gasteiger partial charge in [0.25, 0.3) is 0 Å². The molecule has 2 aromatic carbocycles. The Morgan fingerprint density at radius 1 is 0.960 bits per heavy atom. The van der Waals surface area contributed by atoms with Crippen LogP contribution in [-0.4, -0.2) is 11.8 Å². The van der Waals surface area contributed by atoms with Crippen molar-refractivity contribution >= 4 is 40.7 Å². The number of hydrogen-bond donors (Lipinski definition) is 2. The molecule has 0 aromatic heterocycles. The molecule has 2 aromatic rings. The van der Waals surface area contributed by atoms with E-state index in [9.17, 15) is 9.59 Å². The first-order valence-electron chi connectivity index (χ1n) is 7.66. The molecule has 0 spiro atoms. The fourth-order valence-electron chi connectivity index (χ4n) is 2.11. The van der Waals surface area contributed by atoms with Crippen LogP contribution in [-0.2, 0) is 9.59 Å². The molecule has 4 nitrogen and oxygen atoms in total. The summed E-state index contributed by atoms with van der Waals surface area (Å²) in [7, 11) is 0. The van der Waals surface area contributed by atoms with E-state index in [1.54, 1.807) is 12.1 Å². The molecular formula is C19H18Cl2N2O2. The maximum Gasteiger partial charge on any atom is 0.248 e. The highest BCUT2D eigenvalue weighted by atomic mass is 35.5. The van der Waals surface area contributed by atoms with Crippen LogP contribution in [0.5, 0.6) is 0 Å². The fraction of sp³-hybridized carbons (Fsp3) is 0.158. The maximum atomic E-state index is 11.9. The largest absolute Gasteiger partial charge is 0.346 e. The standard InChI is InChI=1S/C19H18Cl2N2O2/c1-12-3-5-14(6-4-12)13(2)22-18(24)9-10-19(25)23-15-7-8-16(20)17(21)11-15/h3-11,13H,1-2H3,(H,22,24)(H,23,25)/b10-9-. The quantitative estimate of drug-likeness (QED) is 0.744. The minimum atomic E-state index is -0.434. The average Bonchev–Trinajstić information content (AvgIpc) is 2.57. The number of nitrogens with one attached hydrogen (secondary N) is 2. The summed E-state index contributed by atoms with van der Waals surface area (Å²) in [6.07, 6.45) is 2.36. The lowest BCUT2D eigenvalue weighted by Gasteiger charge is -2.13. The summed E-state index contributed by atoms with van der Waals surface area (Å²) >= 11 is 11.7. The third-order valence-electron chi connectivity index (χ3n) is 3.51. The van der Waals surface area contributed by atoms with Gasteiger partial charge in [-0.1, -0.05) is 53.0 Å². The first-order valence-corrected chi connectivity index (χ1v) is 8.42. The Hall–Kier alpha value is -2.30. The number of carbonyl (C=O) groups is 2. The van der Waals surface area contributed by atoms with Crippen molar-refractivity contribution in [3.05, 3.63) is 75.8 Å². The molecule has 6 heteroatoms. The number of benzene rings is 2. The molecule has 0 bridgehead atoms. The molecule has 0 saturated carbocycles. The Bertz CT molecular complexity index is 802. The average molecular weight is 377 g/mol. The summed E-state index contributed by atoms with van der Waals surface area (Å²) in [6.45, 7) is 3.88. The molecule has 1 unspecified atom stereocenters. The predicted molar refractivity (Wildman–Crippen MR) is 102 cm³/mol. The number of aryl methyl sites for hydroxylation is 1. The van der Waals surface area contributed by atoms with Crippen LogP contribution >= 0.6 is 23.2 Å². The molecule has 0 heterocycles. The van der Waals surface area contributed by atoms with Gasteiger partial charge < -0.3 is 10.6 Å². The van der Waals surface area contributed by atoms with Crippen molar-refractivity contribution in [2.24, 2.45) is 0 Å². The lowest BCUT2D eigenvalue weighted by atomic mass is 10.1. The SMILES string of the molecule is Cc1ccc(C(C)NC(=O)/C=C\C(=O)Nc2ccc(Cl)c(Cl)c2)cc1. The van der Waals surface area contributed by atoms with E-state index in [-0.39, 0.29) is 11.9 Å². The van der Waals surface area contributed by atoms with Gasteiger partial charge in [-0.05, 0) is 37.6 Å². The van der Waals surface area contributed by atoms with Crippen molar-refractivity contribution in [1.29, 1.82) is 0 Å². The second kappa shape index (κ2) is 8.70. The zero-order valence-corrected chi connectivity index (χ0v) is 15.4. The van der Waals surface area contributed by atoms with Crippen molar-refractivity contribution in [3.8, 4) is 0 Å². The highest BCUT2D eigenvalue weighted by Gasteiger charge is 2.08. The molecule has 2 amide bonds. The number of carbonyl (C=O) groups excluding carboxylic acids is 2. The van der Waals surface area contributed by atoms with E-state index in [4.69, 9.17) is 23.2 Å². The van der Waals surface area contributed by atoms with Crippen LogP contribution in [0.3, 0.4) is 0 Å². The number of hydrogen-bond acceptors (Lipinski definition) is 2. The minimum Gasteiger partial charge on any atom is -0.346 e. The van der Waals surface area contributed by atoms with E-state index in [1.165, 1.54) is 18.2 Å². The number of halogens is 2. The Balaban J connectivity index is 1.89. The summed E-state index contributed by atoms with van der Waals surface area (Å²) in [5.41, 5.74) is 2.64. The van der Waals surface area contributed by atoms with Crippen molar-refractivity contribution in [1.82, 2.24) is 5.32 Å². The summed E-state index contributed by atoms with van der Waals surface area (Å²) in [5, 5.41) is 6.16. The Morgan fingerprint density at radius 3 is 2.24 bits per heavy atom. The second-order valence-corrected chi connectivity index (χ2v) is 6.41. The van der Waals surface area contributed by atoms with Gasteiger partial charge in [0.1, 0.15) is 0 Å². The van der Waals surface area contributed by atoms with Gasteiger partial charge in [-0.2, -0.15) is 0 Å². The number of amides is 2. The summed E-state index contributed by atoms with van der Waals surface area (Å²) < 4.78 is 0. The zero-order valence-electron chi connectivity index (χ0n) is 13.8. The zero-order chi connectivity index (χ0) is 18.4. The number of anilines is 1. The van der Waals surface area contributed by atoms with Gasteiger partial charge in [0.2, 0.25) is 11.8 Å². The van der Waals surface area contributed by atoms with Crippen molar-refractivity contribution in [2.75, 3.05) is 5.32 Å². The second-order valence-electron chi connectivity index (χ2n) is 5.59. The van der Waals surface area contributed by atoms with Crippen molar-refractivity contribution < 1.29 is 9.59 Å². The Kier molecular flexibility index (Phi) is 6.62. The molecule has 2 rings (SSSR count). The summed E-state index contributed by atoms with van der Waals surface area (Å²) in [4.78, 5) is 23.8. The van der Waals surface area contributed by atoms with Crippen LogP contribution in [0.15, 0.2) is 54.6 Å². The maximum absolute atomic E-state index is 11.9. The molecule has 0 fully saturated rings. The monoisotopic (exact) mass is 376 g/mol. The van der Waals surface area contributed by atoms with Gasteiger partial charge in [-0.3, -0.25) is 9.59 Å². The summed E-state index contributed by atoms with van der Waals surface area (Å²) in [6, 6.07) is 12.5. The van der Waals surface area contributed by atoms with E-state index >= 15 is 0 Å². The molecule has 1 atom stereocenters. The molecule has 0 aliphatic rings. The van der Waals surface area contributed by atoms with Gasteiger partial charge in [-0.25, -0.2) is 0 Å². The van der Waals surface area contributed by atoms with E-state index in [1.807, 2.05) is 38.1 Å². The van der Waals surface area contributed by atoms with E-state index in [0.717, 1.165) is 11.1 Å². The molecule has 2 N–H and O–H groups in total. The van der Waals surface area contributed by atoms with Gasteiger partial charge in [0.15, 0.2) is 0 Å². The van der Waals surface area contributed by atoms with Crippen molar-refractivity contribution in [2.45, 2.75) is 19.9 Å². The highest BCUT2D eigenvalue weighted by molar-refractivity contribution is 6.42. The third-order valence-corrected chi connectivity index (χ3v) is 4.25. The van der Waals surface area contributed by atoms with Crippen LogP contribution in [0.25, 0.3) is 0 Å². The summed E-state index contributed by atoms with van der Waals surface area (Å²) in [5.74, 6) is -0.783. The van der Waals surface area contributed by atoms with Crippen LogP contribution in [0, 0.1) is 6.92 Å². The lowest BCUT2D eigenvalue weighted by molar-refractivity contribution is -0.117. The van der Waals surface area contributed by atoms with Crippen LogP contribution < -0.4 is 10.6 Å². The van der Waals surface area contributed by atoms with Crippen LogP contribution in [0.1, 0.15) is 24.1 Å². The molecular weight excluding hydrogens is 359 g/mol. The minimum absolute atomic E-state index is 0.157. The fourth-order valence-corrected chi connectivity index (χ4v) is 2.41. The van der Waals surface area contributed by atoms with Crippen molar-refractivity contribution in [3.63, 3.8) is 0 Å². The molecule has 0 radical (unpaired) electrons. The lowest BCUT2D eigenvalue weighted by Crippen LogP contribution is -2.25. The molecule has 0 saturated heterocycles. The van der Waals surface area contributed by atoms with Gasteiger partial charge >= 0.3 is 0 Å². The predicted octanol–water partition coefficient (Wildman–Crippen LogP) is 4.67. The normalized spacial score (nSPS) is 12.0. The van der Waals surface area contributed by atoms with E-state index in [2.05, 4.69) is 10.6 Å². The Morgan fingerprint density at radius 2 is 1.60 bits per heavy atom. The molecule has 130 valence electrons. The van der Waals surface area contributed by atoms with Gasteiger partial charge in [0, 0.05) is 17.8 Å². The van der Waals surface area contributed by atoms with E-state index in [0.29, 0.717) is 15.7 Å². The molecule has 0 aliphatic carbocycles. The molecule has 25 heavy (non-hydrogen) atoms. The highest BCUT2D eigenvalue weighted by Crippen LogP contribution is 2.24. The molecule has 0 aliphatic heterocycles. The van der Waals surface area contributed by atoms with E-state index < -0.39 is 5.91 Å². The van der Waals surface area contributed by atoms with Crippen LogP contribution in [0.4, 0.5) is 5.69 Å². The number of rotatable bonds is 5. The smallest absolute Gasteiger partial charge is 0.248 e.